The SMILES string of the molecule is CCCCCCCC[C@H]1CC[C@H]2[C@@H]3C[C@@H](O)[C@@]4(N=[N+]=[N-])C[C@@H](OC(C)=O)CC[C@]4(C)[C@H]3CC[C@]12C. The van der Waals surface area contributed by atoms with Crippen molar-refractivity contribution >= 4 is 5.97 Å². The van der Waals surface area contributed by atoms with Crippen molar-refractivity contribution in [2.24, 2.45) is 39.6 Å². The number of esters is 1. The molecule has 35 heavy (non-hydrogen) atoms. The molecule has 0 saturated heterocycles. The second kappa shape index (κ2) is 10.6. The lowest BCUT2D eigenvalue weighted by Crippen LogP contribution is -2.67. The van der Waals surface area contributed by atoms with E-state index in [1.165, 1.54) is 71.1 Å². The van der Waals surface area contributed by atoms with Crippen LogP contribution in [0.2, 0.25) is 0 Å². The molecule has 0 heterocycles. The van der Waals surface area contributed by atoms with Crippen LogP contribution in [-0.2, 0) is 9.53 Å². The predicted octanol–water partition coefficient (Wildman–Crippen LogP) is 7.73. The summed E-state index contributed by atoms with van der Waals surface area (Å²) in [7, 11) is 0. The van der Waals surface area contributed by atoms with E-state index in [2.05, 4.69) is 30.8 Å². The zero-order chi connectivity index (χ0) is 25.3. The van der Waals surface area contributed by atoms with E-state index in [1.54, 1.807) is 0 Å². The van der Waals surface area contributed by atoms with Gasteiger partial charge in [0.25, 0.3) is 0 Å². The molecule has 4 rings (SSSR count). The maximum absolute atomic E-state index is 11.7. The lowest BCUT2D eigenvalue weighted by molar-refractivity contribution is -0.191. The molecule has 9 atom stereocenters. The predicted molar refractivity (Wildman–Crippen MR) is 139 cm³/mol. The quantitative estimate of drug-likeness (QED) is 0.118. The Labute approximate surface area is 212 Å². The molecule has 6 nitrogen and oxygen atoms in total. The summed E-state index contributed by atoms with van der Waals surface area (Å²) < 4.78 is 5.58. The van der Waals surface area contributed by atoms with Gasteiger partial charge in [-0.15, -0.1) is 0 Å². The van der Waals surface area contributed by atoms with E-state index in [9.17, 15) is 15.4 Å². The van der Waals surface area contributed by atoms with E-state index in [-0.39, 0.29) is 17.5 Å². The Morgan fingerprint density at radius 2 is 1.80 bits per heavy atom. The molecule has 1 N–H and O–H groups in total. The van der Waals surface area contributed by atoms with Gasteiger partial charge in [0.05, 0.1) is 11.6 Å². The number of aliphatic hydroxyl groups excluding tert-OH is 1. The van der Waals surface area contributed by atoms with Crippen LogP contribution in [-0.4, -0.2) is 28.8 Å². The number of unbranched alkanes of at least 4 members (excludes halogenated alkanes) is 5. The third-order valence-corrected chi connectivity index (χ3v) is 11.5. The van der Waals surface area contributed by atoms with Crippen molar-refractivity contribution in [1.29, 1.82) is 0 Å². The highest BCUT2D eigenvalue weighted by Crippen LogP contribution is 2.69. The summed E-state index contributed by atoms with van der Waals surface area (Å²) in [5.74, 6) is 2.13. The Kier molecular flexibility index (Phi) is 8.13. The summed E-state index contributed by atoms with van der Waals surface area (Å²) in [5.41, 5.74) is 8.81. The van der Waals surface area contributed by atoms with Crippen LogP contribution in [0.3, 0.4) is 0 Å². The summed E-state index contributed by atoms with van der Waals surface area (Å²) in [6.07, 6.45) is 16.4. The van der Waals surface area contributed by atoms with Crippen LogP contribution in [0.4, 0.5) is 0 Å². The molecule has 4 aliphatic rings. The number of hydrogen-bond acceptors (Lipinski definition) is 4. The minimum Gasteiger partial charge on any atom is -0.463 e. The van der Waals surface area contributed by atoms with E-state index in [4.69, 9.17) is 4.74 Å². The fourth-order valence-electron chi connectivity index (χ4n) is 9.63. The van der Waals surface area contributed by atoms with Gasteiger partial charge < -0.3 is 9.84 Å². The van der Waals surface area contributed by atoms with Gasteiger partial charge in [0, 0.05) is 11.8 Å². The highest BCUT2D eigenvalue weighted by molar-refractivity contribution is 5.66. The lowest BCUT2D eigenvalue weighted by atomic mass is 9.41. The molecule has 6 heteroatoms. The molecule has 198 valence electrons. The molecular formula is C29H49N3O3. The molecule has 0 bridgehead atoms. The van der Waals surface area contributed by atoms with Gasteiger partial charge in [0.2, 0.25) is 0 Å². The summed E-state index contributed by atoms with van der Waals surface area (Å²) in [5, 5.41) is 16.0. The second-order valence-electron chi connectivity index (χ2n) is 13.0. The Morgan fingerprint density at radius 1 is 1.06 bits per heavy atom. The first-order valence-electron chi connectivity index (χ1n) is 14.6. The van der Waals surface area contributed by atoms with Crippen molar-refractivity contribution in [2.75, 3.05) is 0 Å². The van der Waals surface area contributed by atoms with Crippen LogP contribution in [0, 0.1) is 34.5 Å². The smallest absolute Gasteiger partial charge is 0.302 e. The third kappa shape index (κ3) is 4.63. The molecule has 0 aliphatic heterocycles. The largest absolute Gasteiger partial charge is 0.463 e. The fraction of sp³-hybridized carbons (Fsp3) is 0.966. The maximum atomic E-state index is 11.7. The average Bonchev–Trinajstić information content (AvgIpc) is 3.14. The van der Waals surface area contributed by atoms with Crippen molar-refractivity contribution < 1.29 is 14.6 Å². The summed E-state index contributed by atoms with van der Waals surface area (Å²) in [6, 6.07) is 0. The summed E-state index contributed by atoms with van der Waals surface area (Å²) >= 11 is 0. The number of azide groups is 1. The fourth-order valence-corrected chi connectivity index (χ4v) is 9.63. The molecule has 4 saturated carbocycles. The molecule has 0 spiro atoms. The van der Waals surface area contributed by atoms with Gasteiger partial charge in [-0.2, -0.15) is 0 Å². The van der Waals surface area contributed by atoms with Crippen LogP contribution in [0.25, 0.3) is 10.4 Å². The Morgan fingerprint density at radius 3 is 2.51 bits per heavy atom. The van der Waals surface area contributed by atoms with Crippen molar-refractivity contribution in [3.8, 4) is 0 Å². The highest BCUT2D eigenvalue weighted by Gasteiger charge is 2.67. The molecule has 4 fully saturated rings. The molecule has 0 aromatic heterocycles. The maximum Gasteiger partial charge on any atom is 0.302 e. The van der Waals surface area contributed by atoms with Crippen molar-refractivity contribution in [3.63, 3.8) is 0 Å². The van der Waals surface area contributed by atoms with E-state index in [0.29, 0.717) is 29.6 Å². The lowest BCUT2D eigenvalue weighted by Gasteiger charge is -2.65. The van der Waals surface area contributed by atoms with Gasteiger partial charge in [0.15, 0.2) is 0 Å². The second-order valence-corrected chi connectivity index (χ2v) is 13.0. The summed E-state index contributed by atoms with van der Waals surface area (Å²) in [6.45, 7) is 8.55. The number of rotatable bonds is 9. The molecular weight excluding hydrogens is 438 g/mol. The van der Waals surface area contributed by atoms with Crippen LogP contribution in [0.5, 0.6) is 0 Å². The first kappa shape index (κ1) is 26.8. The van der Waals surface area contributed by atoms with Gasteiger partial charge in [-0.1, -0.05) is 64.4 Å². The number of fused-ring (bicyclic) bond motifs is 5. The molecule has 0 aromatic rings. The van der Waals surface area contributed by atoms with E-state index < -0.39 is 11.6 Å². The van der Waals surface area contributed by atoms with Gasteiger partial charge in [0.1, 0.15) is 6.10 Å². The molecule has 4 aliphatic carbocycles. The average molecular weight is 488 g/mol. The van der Waals surface area contributed by atoms with Gasteiger partial charge in [-0.05, 0) is 97.8 Å². The molecule has 0 amide bonds. The number of carbonyl (C=O) groups excluding carboxylic acids is 1. The Bertz CT molecular complexity index is 813. The number of hydrogen-bond donors (Lipinski definition) is 1. The molecule has 0 radical (unpaired) electrons. The molecule has 0 aromatic carbocycles. The normalized spacial score (nSPS) is 44.5. The van der Waals surface area contributed by atoms with Gasteiger partial charge in [-0.3, -0.25) is 4.79 Å². The zero-order valence-electron chi connectivity index (χ0n) is 22.7. The minimum absolute atomic E-state index is 0.253. The number of nitrogens with zero attached hydrogens (tertiary/aromatic N) is 3. The van der Waals surface area contributed by atoms with Crippen molar-refractivity contribution in [2.45, 2.75) is 142 Å². The first-order chi connectivity index (χ1) is 16.7. The van der Waals surface area contributed by atoms with E-state index in [0.717, 1.165) is 31.6 Å². The third-order valence-electron chi connectivity index (χ3n) is 11.5. The standard InChI is InChI=1S/C29H49N3O3/c1-5-6-7-8-9-10-11-21-12-13-24-23-18-26(34)29(31-32-30)19-22(35-20(2)33)14-17-28(29,4)25(23)15-16-27(21,24)3/h21-26,34H,5-19H2,1-4H3/t21-,22-,23-,24-,25-,26+,27+,28+,29-/m0/s1. The van der Waals surface area contributed by atoms with Crippen LogP contribution >= 0.6 is 0 Å². The van der Waals surface area contributed by atoms with Crippen LogP contribution in [0.1, 0.15) is 124 Å². The Hall–Kier alpha value is -1.26. The molecule has 0 unspecified atom stereocenters. The number of carbonyl (C=O) groups is 1. The van der Waals surface area contributed by atoms with E-state index in [1.807, 2.05) is 0 Å². The Balaban J connectivity index is 1.50. The van der Waals surface area contributed by atoms with E-state index >= 15 is 0 Å². The van der Waals surface area contributed by atoms with Crippen LogP contribution < -0.4 is 0 Å². The number of aliphatic hydroxyl groups is 1. The number of ether oxygens (including phenoxy) is 1. The van der Waals surface area contributed by atoms with Gasteiger partial charge >= 0.3 is 5.97 Å². The minimum atomic E-state index is -0.883. The van der Waals surface area contributed by atoms with Crippen molar-refractivity contribution in [3.05, 3.63) is 10.4 Å². The first-order valence-corrected chi connectivity index (χ1v) is 14.6. The van der Waals surface area contributed by atoms with Crippen molar-refractivity contribution in [1.82, 2.24) is 0 Å². The monoisotopic (exact) mass is 487 g/mol. The topological polar surface area (TPSA) is 95.3 Å². The van der Waals surface area contributed by atoms with Gasteiger partial charge in [-0.25, -0.2) is 0 Å². The van der Waals surface area contributed by atoms with Crippen LogP contribution in [0.15, 0.2) is 5.11 Å². The highest BCUT2D eigenvalue weighted by atomic mass is 16.5. The zero-order valence-corrected chi connectivity index (χ0v) is 22.7. The summed E-state index contributed by atoms with van der Waals surface area (Å²) in [4.78, 5) is 14.9.